The van der Waals surface area contributed by atoms with Crippen LogP contribution in [-0.4, -0.2) is 74.9 Å². The third kappa shape index (κ3) is 4.31. The van der Waals surface area contributed by atoms with Crippen molar-refractivity contribution in [3.63, 3.8) is 0 Å². The number of esters is 1. The summed E-state index contributed by atoms with van der Waals surface area (Å²) >= 11 is 5.94. The van der Waals surface area contributed by atoms with Gasteiger partial charge in [0.1, 0.15) is 0 Å². The Morgan fingerprint density at radius 3 is 2.67 bits per heavy atom. The molecule has 0 aromatic rings. The molecule has 2 aliphatic heterocycles. The zero-order chi connectivity index (χ0) is 15.6. The molecule has 21 heavy (non-hydrogen) atoms. The largest absolute Gasteiger partial charge is 0.469 e. The van der Waals surface area contributed by atoms with E-state index in [1.807, 2.05) is 4.90 Å². The lowest BCUT2D eigenvalue weighted by molar-refractivity contribution is -0.145. The molecular weight excluding hydrogens is 320 g/mol. The lowest BCUT2D eigenvalue weighted by Gasteiger charge is -2.18. The molecular formula is C12H19ClN2O5S. The highest BCUT2D eigenvalue weighted by molar-refractivity contribution is 7.91. The number of nitrogens with one attached hydrogen (secondary N) is 1. The van der Waals surface area contributed by atoms with E-state index in [1.165, 1.54) is 7.11 Å². The second-order valence-electron chi connectivity index (χ2n) is 5.51. The predicted octanol–water partition coefficient (Wildman–Crippen LogP) is -0.998. The van der Waals surface area contributed by atoms with Crippen LogP contribution in [0.4, 0.5) is 0 Å². The van der Waals surface area contributed by atoms with Crippen molar-refractivity contribution in [3.8, 4) is 0 Å². The highest BCUT2D eigenvalue weighted by Gasteiger charge is 2.38. The molecule has 0 bridgehead atoms. The number of hydrogen-bond acceptors (Lipinski definition) is 6. The molecule has 3 unspecified atom stereocenters. The van der Waals surface area contributed by atoms with Gasteiger partial charge in [-0.15, -0.1) is 11.6 Å². The maximum absolute atomic E-state index is 11.9. The Morgan fingerprint density at radius 2 is 2.10 bits per heavy atom. The van der Waals surface area contributed by atoms with Gasteiger partial charge in [-0.2, -0.15) is 0 Å². The van der Waals surface area contributed by atoms with Crippen LogP contribution in [0.25, 0.3) is 0 Å². The average molecular weight is 339 g/mol. The van der Waals surface area contributed by atoms with Gasteiger partial charge >= 0.3 is 5.97 Å². The molecule has 2 heterocycles. The molecule has 2 fully saturated rings. The quantitative estimate of drug-likeness (QED) is 0.522. The second kappa shape index (κ2) is 6.50. The molecule has 1 amide bonds. The zero-order valence-electron chi connectivity index (χ0n) is 11.7. The van der Waals surface area contributed by atoms with E-state index >= 15 is 0 Å². The van der Waals surface area contributed by atoms with Crippen molar-refractivity contribution in [2.45, 2.75) is 17.8 Å². The molecule has 0 radical (unpaired) electrons. The van der Waals surface area contributed by atoms with Crippen LogP contribution in [0.3, 0.4) is 0 Å². The number of carbonyl (C=O) groups excluding carboxylic acids is 2. The van der Waals surface area contributed by atoms with E-state index < -0.39 is 21.3 Å². The molecule has 3 atom stereocenters. The van der Waals surface area contributed by atoms with Gasteiger partial charge in [-0.3, -0.25) is 14.5 Å². The Bertz CT molecular complexity index is 524. The predicted molar refractivity (Wildman–Crippen MR) is 76.8 cm³/mol. The third-order valence-corrected chi connectivity index (χ3v) is 6.18. The Morgan fingerprint density at radius 1 is 1.38 bits per heavy atom. The van der Waals surface area contributed by atoms with Gasteiger partial charge in [0.25, 0.3) is 0 Å². The maximum atomic E-state index is 11.9. The summed E-state index contributed by atoms with van der Waals surface area (Å²) < 4.78 is 27.5. The summed E-state index contributed by atoms with van der Waals surface area (Å²) in [5.74, 6) is -0.949. The molecule has 2 aliphatic rings. The molecule has 2 saturated heterocycles. The van der Waals surface area contributed by atoms with Gasteiger partial charge in [-0.1, -0.05) is 0 Å². The van der Waals surface area contributed by atoms with Crippen molar-refractivity contribution in [1.29, 1.82) is 0 Å². The van der Waals surface area contributed by atoms with E-state index in [4.69, 9.17) is 11.6 Å². The molecule has 0 aromatic heterocycles. The van der Waals surface area contributed by atoms with Crippen LogP contribution in [0.5, 0.6) is 0 Å². The fourth-order valence-corrected chi connectivity index (χ4v) is 5.28. The molecule has 0 aromatic carbocycles. The smallest absolute Gasteiger partial charge is 0.310 e. The number of alkyl halides is 1. The fourth-order valence-electron chi connectivity index (χ4n) is 2.73. The van der Waals surface area contributed by atoms with Gasteiger partial charge < -0.3 is 10.1 Å². The van der Waals surface area contributed by atoms with Crippen LogP contribution >= 0.6 is 11.6 Å². The van der Waals surface area contributed by atoms with Crippen molar-refractivity contribution in [3.05, 3.63) is 0 Å². The van der Waals surface area contributed by atoms with E-state index in [0.717, 1.165) is 0 Å². The summed E-state index contributed by atoms with van der Waals surface area (Å²) in [6.07, 6.45) is 0.663. The third-order valence-electron chi connectivity index (χ3n) is 3.80. The first kappa shape index (κ1) is 16.5. The number of sulfone groups is 1. The van der Waals surface area contributed by atoms with Crippen LogP contribution in [0.15, 0.2) is 0 Å². The minimum atomic E-state index is -3.16. The molecule has 2 rings (SSSR count). The normalized spacial score (nSPS) is 32.0. The van der Waals surface area contributed by atoms with Crippen LogP contribution in [-0.2, 0) is 24.2 Å². The Hall–Kier alpha value is -0.860. The zero-order valence-corrected chi connectivity index (χ0v) is 13.3. The summed E-state index contributed by atoms with van der Waals surface area (Å²) in [5.41, 5.74) is 0. The van der Waals surface area contributed by atoms with Crippen LogP contribution < -0.4 is 5.32 Å². The van der Waals surface area contributed by atoms with Crippen LogP contribution in [0, 0.1) is 5.92 Å². The molecule has 0 aliphatic carbocycles. The van der Waals surface area contributed by atoms with Crippen molar-refractivity contribution in [2.75, 3.05) is 38.2 Å². The molecule has 0 spiro atoms. The van der Waals surface area contributed by atoms with Gasteiger partial charge in [0, 0.05) is 6.54 Å². The summed E-state index contributed by atoms with van der Waals surface area (Å²) in [5, 5.41) is 2.08. The van der Waals surface area contributed by atoms with E-state index in [9.17, 15) is 18.0 Å². The topological polar surface area (TPSA) is 92.8 Å². The number of rotatable bonds is 4. The van der Waals surface area contributed by atoms with Gasteiger partial charge in [-0.25, -0.2) is 8.42 Å². The molecule has 7 nitrogen and oxygen atoms in total. The van der Waals surface area contributed by atoms with E-state index in [1.54, 1.807) is 0 Å². The van der Waals surface area contributed by atoms with Crippen molar-refractivity contribution < 1.29 is 22.7 Å². The number of ether oxygens (including phenoxy) is 1. The van der Waals surface area contributed by atoms with Gasteiger partial charge in [0.05, 0.1) is 42.5 Å². The molecule has 1 N–H and O–H groups in total. The Kier molecular flexibility index (Phi) is 5.11. The van der Waals surface area contributed by atoms with Crippen molar-refractivity contribution in [2.24, 2.45) is 5.92 Å². The van der Waals surface area contributed by atoms with Crippen LogP contribution in [0.2, 0.25) is 0 Å². The van der Waals surface area contributed by atoms with E-state index in [0.29, 0.717) is 19.5 Å². The van der Waals surface area contributed by atoms with E-state index in [2.05, 4.69) is 10.1 Å². The molecule has 0 saturated carbocycles. The highest BCUT2D eigenvalue weighted by atomic mass is 35.5. The Labute approximate surface area is 128 Å². The number of carbonyl (C=O) groups is 2. The number of likely N-dealkylation sites (tertiary alicyclic amines) is 1. The monoisotopic (exact) mass is 338 g/mol. The minimum absolute atomic E-state index is 0.104. The molecule has 120 valence electrons. The Balaban J connectivity index is 1.80. The average Bonchev–Trinajstić information content (AvgIpc) is 2.93. The summed E-state index contributed by atoms with van der Waals surface area (Å²) in [6.45, 7) is 1.25. The van der Waals surface area contributed by atoms with E-state index in [-0.39, 0.29) is 35.8 Å². The summed E-state index contributed by atoms with van der Waals surface area (Å²) in [6, 6.07) is -0.539. The van der Waals surface area contributed by atoms with Crippen molar-refractivity contribution >= 4 is 33.3 Å². The number of nitrogens with zero attached hydrogens (tertiary/aromatic N) is 1. The number of methoxy groups -OCH3 is 1. The summed E-state index contributed by atoms with van der Waals surface area (Å²) in [7, 11) is -1.82. The van der Waals surface area contributed by atoms with Crippen LogP contribution in [0.1, 0.15) is 6.42 Å². The SMILES string of the molecule is COC(=O)C1CCN(CC(=O)NC2CS(=O)(=O)CC2Cl)C1. The number of hydrogen-bond donors (Lipinski definition) is 1. The standard InChI is InChI=1S/C12H19ClN2O5S/c1-20-12(17)8-2-3-15(4-8)5-11(16)14-10-7-21(18,19)6-9(10)13/h8-10H,2-7H2,1H3,(H,14,16). The fraction of sp³-hybridized carbons (Fsp3) is 0.833. The maximum Gasteiger partial charge on any atom is 0.310 e. The van der Waals surface area contributed by atoms with Crippen molar-refractivity contribution in [1.82, 2.24) is 10.2 Å². The first-order valence-electron chi connectivity index (χ1n) is 6.75. The summed E-state index contributed by atoms with van der Waals surface area (Å²) in [4.78, 5) is 25.2. The minimum Gasteiger partial charge on any atom is -0.469 e. The first-order chi connectivity index (χ1) is 9.80. The van der Waals surface area contributed by atoms with Gasteiger partial charge in [0.2, 0.25) is 5.91 Å². The first-order valence-corrected chi connectivity index (χ1v) is 9.00. The lowest BCUT2D eigenvalue weighted by atomic mass is 10.1. The highest BCUT2D eigenvalue weighted by Crippen LogP contribution is 2.19. The van der Waals surface area contributed by atoms with Gasteiger partial charge in [0.15, 0.2) is 9.84 Å². The number of amides is 1. The van der Waals surface area contributed by atoms with Gasteiger partial charge in [-0.05, 0) is 13.0 Å². The second-order valence-corrected chi connectivity index (χ2v) is 8.23. The lowest BCUT2D eigenvalue weighted by Crippen LogP contribution is -2.45. The molecule has 9 heteroatoms. The number of halogens is 1.